The SMILES string of the molecule is COc1cccc(SN2CCc3cc(OCc4ccccc4)c(OC)cc3C2=O)c1. The number of fused-ring (bicyclic) bond motifs is 1. The molecule has 3 aromatic carbocycles. The second-order valence-electron chi connectivity index (χ2n) is 6.86. The van der Waals surface area contributed by atoms with E-state index in [0.29, 0.717) is 30.2 Å². The maximum Gasteiger partial charge on any atom is 0.264 e. The van der Waals surface area contributed by atoms with Gasteiger partial charge in [0.25, 0.3) is 5.91 Å². The third-order valence-corrected chi connectivity index (χ3v) is 5.96. The minimum Gasteiger partial charge on any atom is -0.497 e. The van der Waals surface area contributed by atoms with Crippen molar-refractivity contribution in [2.75, 3.05) is 20.8 Å². The van der Waals surface area contributed by atoms with E-state index in [9.17, 15) is 4.79 Å². The van der Waals surface area contributed by atoms with Crippen LogP contribution in [-0.2, 0) is 13.0 Å². The van der Waals surface area contributed by atoms with E-state index >= 15 is 0 Å². The van der Waals surface area contributed by atoms with Crippen molar-refractivity contribution in [3.63, 3.8) is 0 Å². The van der Waals surface area contributed by atoms with Crippen molar-refractivity contribution >= 4 is 17.9 Å². The first-order chi connectivity index (χ1) is 14.7. The van der Waals surface area contributed by atoms with E-state index in [2.05, 4.69) is 0 Å². The first-order valence-corrected chi connectivity index (χ1v) is 10.5. The van der Waals surface area contributed by atoms with Gasteiger partial charge in [-0.15, -0.1) is 0 Å². The average molecular weight is 422 g/mol. The summed E-state index contributed by atoms with van der Waals surface area (Å²) in [4.78, 5) is 14.1. The molecule has 0 atom stereocenters. The number of carbonyl (C=O) groups is 1. The lowest BCUT2D eigenvalue weighted by Gasteiger charge is -2.28. The van der Waals surface area contributed by atoms with E-state index in [1.54, 1.807) is 24.6 Å². The molecule has 1 heterocycles. The molecule has 3 aromatic rings. The molecular weight excluding hydrogens is 398 g/mol. The predicted octanol–water partition coefficient (Wildman–Crippen LogP) is 4.99. The number of amides is 1. The van der Waals surface area contributed by atoms with Crippen LogP contribution in [0, 0.1) is 0 Å². The number of carbonyl (C=O) groups excluding carboxylic acids is 1. The molecule has 4 rings (SSSR count). The monoisotopic (exact) mass is 421 g/mol. The van der Waals surface area contributed by atoms with Crippen LogP contribution >= 0.6 is 11.9 Å². The highest BCUT2D eigenvalue weighted by Gasteiger charge is 2.27. The van der Waals surface area contributed by atoms with Gasteiger partial charge in [-0.3, -0.25) is 9.10 Å². The van der Waals surface area contributed by atoms with Crippen molar-refractivity contribution in [1.29, 1.82) is 0 Å². The van der Waals surface area contributed by atoms with E-state index in [1.165, 1.54) is 11.9 Å². The van der Waals surface area contributed by atoms with Gasteiger partial charge in [0.1, 0.15) is 12.4 Å². The van der Waals surface area contributed by atoms with Gasteiger partial charge in [-0.05, 0) is 59.8 Å². The lowest BCUT2D eigenvalue weighted by atomic mass is 9.99. The number of hydrogen-bond acceptors (Lipinski definition) is 5. The van der Waals surface area contributed by atoms with Crippen molar-refractivity contribution < 1.29 is 19.0 Å². The number of ether oxygens (including phenoxy) is 3. The summed E-state index contributed by atoms with van der Waals surface area (Å²) >= 11 is 1.42. The third kappa shape index (κ3) is 4.39. The zero-order valence-electron chi connectivity index (χ0n) is 17.0. The summed E-state index contributed by atoms with van der Waals surface area (Å²) in [5.74, 6) is 1.96. The molecule has 5 nitrogen and oxygen atoms in total. The smallest absolute Gasteiger partial charge is 0.264 e. The highest BCUT2D eigenvalue weighted by atomic mass is 32.2. The van der Waals surface area contributed by atoms with Crippen LogP contribution in [0.5, 0.6) is 17.2 Å². The molecule has 0 aromatic heterocycles. The van der Waals surface area contributed by atoms with Crippen LogP contribution in [0.3, 0.4) is 0 Å². The van der Waals surface area contributed by atoms with E-state index in [0.717, 1.165) is 28.2 Å². The first kappa shape index (κ1) is 20.2. The Balaban J connectivity index is 1.53. The molecule has 0 bridgehead atoms. The van der Waals surface area contributed by atoms with Crippen LogP contribution in [0.4, 0.5) is 0 Å². The zero-order chi connectivity index (χ0) is 20.9. The van der Waals surface area contributed by atoms with Crippen molar-refractivity contribution in [1.82, 2.24) is 4.31 Å². The van der Waals surface area contributed by atoms with Crippen LogP contribution in [0.25, 0.3) is 0 Å². The summed E-state index contributed by atoms with van der Waals surface area (Å²) in [5.41, 5.74) is 2.71. The van der Waals surface area contributed by atoms with Crippen LogP contribution in [0.15, 0.2) is 71.6 Å². The fraction of sp³-hybridized carbons (Fsp3) is 0.208. The Morgan fingerprint density at radius 1 is 0.933 bits per heavy atom. The van der Waals surface area contributed by atoms with E-state index in [1.807, 2.05) is 60.7 Å². The minimum atomic E-state index is -0.0306. The molecule has 0 saturated carbocycles. The Morgan fingerprint density at radius 3 is 2.53 bits per heavy atom. The number of rotatable bonds is 7. The lowest BCUT2D eigenvalue weighted by molar-refractivity contribution is 0.0860. The van der Waals surface area contributed by atoms with Crippen molar-refractivity contribution in [3.05, 3.63) is 83.4 Å². The normalized spacial score (nSPS) is 13.0. The Hall–Kier alpha value is -3.12. The maximum atomic E-state index is 13.1. The van der Waals surface area contributed by atoms with E-state index < -0.39 is 0 Å². The molecule has 6 heteroatoms. The molecule has 154 valence electrons. The van der Waals surface area contributed by atoms with E-state index in [-0.39, 0.29) is 5.91 Å². The predicted molar refractivity (Wildman–Crippen MR) is 117 cm³/mol. The van der Waals surface area contributed by atoms with E-state index in [4.69, 9.17) is 14.2 Å². The quantitative estimate of drug-likeness (QED) is 0.503. The Morgan fingerprint density at radius 2 is 1.77 bits per heavy atom. The Bertz CT molecular complexity index is 1040. The Labute approximate surface area is 180 Å². The molecule has 0 radical (unpaired) electrons. The summed E-state index contributed by atoms with van der Waals surface area (Å²) in [5, 5.41) is 0. The highest BCUT2D eigenvalue weighted by Crippen LogP contribution is 2.37. The third-order valence-electron chi connectivity index (χ3n) is 4.92. The zero-order valence-corrected chi connectivity index (χ0v) is 17.8. The van der Waals surface area contributed by atoms with Gasteiger partial charge in [0.05, 0.1) is 14.2 Å². The molecule has 1 amide bonds. The molecule has 0 fully saturated rings. The van der Waals surface area contributed by atoms with Gasteiger partial charge in [0, 0.05) is 17.0 Å². The minimum absolute atomic E-state index is 0.0306. The van der Waals surface area contributed by atoms with Crippen molar-refractivity contribution in [2.24, 2.45) is 0 Å². The van der Waals surface area contributed by atoms with Crippen molar-refractivity contribution in [2.45, 2.75) is 17.9 Å². The lowest BCUT2D eigenvalue weighted by Crippen LogP contribution is -2.32. The molecule has 0 N–H and O–H groups in total. The fourth-order valence-corrected chi connectivity index (χ4v) is 4.27. The molecular formula is C24H23NO4S. The van der Waals surface area contributed by atoms with Gasteiger partial charge in [0.2, 0.25) is 0 Å². The average Bonchev–Trinajstić information content (AvgIpc) is 2.80. The number of hydrogen-bond donors (Lipinski definition) is 0. The summed E-state index contributed by atoms with van der Waals surface area (Å²) in [6.07, 6.45) is 0.754. The molecule has 30 heavy (non-hydrogen) atoms. The van der Waals surface area contributed by atoms with Crippen molar-refractivity contribution in [3.8, 4) is 17.2 Å². The van der Waals surface area contributed by atoms with Crippen LogP contribution < -0.4 is 14.2 Å². The van der Waals surface area contributed by atoms with Crippen LogP contribution in [0.1, 0.15) is 21.5 Å². The maximum absolute atomic E-state index is 13.1. The summed E-state index contributed by atoms with van der Waals surface area (Å²) in [6, 6.07) is 21.4. The number of methoxy groups -OCH3 is 2. The largest absolute Gasteiger partial charge is 0.497 e. The molecule has 0 saturated heterocycles. The van der Waals surface area contributed by atoms with Gasteiger partial charge in [-0.1, -0.05) is 36.4 Å². The van der Waals surface area contributed by atoms with Crippen LogP contribution in [-0.4, -0.2) is 31.0 Å². The van der Waals surface area contributed by atoms with Crippen LogP contribution in [0.2, 0.25) is 0 Å². The summed E-state index contributed by atoms with van der Waals surface area (Å²) in [7, 11) is 3.23. The highest BCUT2D eigenvalue weighted by molar-refractivity contribution is 7.97. The van der Waals surface area contributed by atoms with Gasteiger partial charge in [0.15, 0.2) is 11.5 Å². The number of benzene rings is 3. The molecule has 0 unspecified atom stereocenters. The molecule has 1 aliphatic heterocycles. The standard InChI is InChI=1S/C24H23NO4S/c1-27-19-9-6-10-20(14-19)30-25-12-11-18-13-23(22(28-2)15-21(18)24(25)26)29-16-17-7-4-3-5-8-17/h3-10,13-15H,11-12,16H2,1-2H3. The molecule has 0 aliphatic carbocycles. The topological polar surface area (TPSA) is 48.0 Å². The van der Waals surface area contributed by atoms with Gasteiger partial charge < -0.3 is 14.2 Å². The number of nitrogens with zero attached hydrogens (tertiary/aromatic N) is 1. The molecule has 0 spiro atoms. The Kier molecular flexibility index (Phi) is 6.14. The second-order valence-corrected chi connectivity index (χ2v) is 7.96. The fourth-order valence-electron chi connectivity index (χ4n) is 3.35. The summed E-state index contributed by atoms with van der Waals surface area (Å²) < 4.78 is 18.6. The first-order valence-electron chi connectivity index (χ1n) is 9.69. The molecule has 1 aliphatic rings. The second kappa shape index (κ2) is 9.13. The summed E-state index contributed by atoms with van der Waals surface area (Å²) in [6.45, 7) is 1.07. The van der Waals surface area contributed by atoms with Gasteiger partial charge >= 0.3 is 0 Å². The van der Waals surface area contributed by atoms with Gasteiger partial charge in [-0.2, -0.15) is 0 Å². The van der Waals surface area contributed by atoms with Gasteiger partial charge in [-0.25, -0.2) is 0 Å².